The molecule has 2 aliphatic carbocycles. The van der Waals surface area contributed by atoms with Crippen molar-refractivity contribution in [2.75, 3.05) is 13.3 Å². The van der Waals surface area contributed by atoms with E-state index in [0.29, 0.717) is 28.2 Å². The van der Waals surface area contributed by atoms with Gasteiger partial charge >= 0.3 is 0 Å². The van der Waals surface area contributed by atoms with E-state index in [2.05, 4.69) is 15.2 Å². The van der Waals surface area contributed by atoms with Crippen molar-refractivity contribution < 1.29 is 23.0 Å². The van der Waals surface area contributed by atoms with Crippen LogP contribution in [0.25, 0.3) is 0 Å². The summed E-state index contributed by atoms with van der Waals surface area (Å²) in [5, 5.41) is 3.14. The van der Waals surface area contributed by atoms with Gasteiger partial charge in [0, 0.05) is 71.6 Å². The second kappa shape index (κ2) is 10.8. The van der Waals surface area contributed by atoms with Crippen molar-refractivity contribution in [1.82, 2.24) is 15.2 Å². The number of benzene rings is 1. The number of halogens is 3. The van der Waals surface area contributed by atoms with Crippen molar-refractivity contribution >= 4 is 29.3 Å². The first kappa shape index (κ1) is 29.2. The van der Waals surface area contributed by atoms with Gasteiger partial charge in [-0.3, -0.25) is 9.59 Å². The average molecular weight is 596 g/mol. The third-order valence-corrected chi connectivity index (χ3v) is 9.91. The van der Waals surface area contributed by atoms with Crippen molar-refractivity contribution in [2.45, 2.75) is 94.5 Å². The number of aromatic amines is 1. The number of pyridine rings is 1. The number of H-pyrrole nitrogens is 1. The van der Waals surface area contributed by atoms with Crippen LogP contribution in [-0.4, -0.2) is 52.9 Å². The molecule has 1 atom stereocenters. The van der Waals surface area contributed by atoms with Gasteiger partial charge in [0.2, 0.25) is 0 Å². The number of aromatic nitrogens is 1. The molecular formula is C29H36ClF2N3O4S. The standard InChI is InChI=1S/C29H36ClF2N3O4S/c1-15-10-23(40-5)21(27(37)34-15)14-33-26(36)20-11-22(30)25-24(16(20)2)38-28(3,39-25)17-6-8-18(9-7-17)35(4)19-12-29(31,32)13-19/h10-11,17-19H,6-9,12-14H2,1-5H3,(H,33,36)(H,34,37). The molecule has 1 aliphatic heterocycles. The van der Waals surface area contributed by atoms with Gasteiger partial charge in [0.05, 0.1) is 5.02 Å². The lowest BCUT2D eigenvalue weighted by molar-refractivity contribution is -0.141. The summed E-state index contributed by atoms with van der Waals surface area (Å²) in [4.78, 5) is 31.4. The van der Waals surface area contributed by atoms with Crippen LogP contribution < -0.4 is 20.3 Å². The minimum Gasteiger partial charge on any atom is -0.448 e. The number of amides is 1. The summed E-state index contributed by atoms with van der Waals surface area (Å²) < 4.78 is 39.5. The number of alkyl halides is 2. The number of nitrogens with zero attached hydrogens (tertiary/aromatic N) is 1. The SMILES string of the molecule is CSc1cc(C)[nH]c(=O)c1CNC(=O)c1cc(Cl)c2c(c1C)OC(C)(C1CCC(N(C)C3CC(F)(F)C3)CC1)O2. The molecule has 0 bridgehead atoms. The first-order chi connectivity index (χ1) is 18.8. The van der Waals surface area contributed by atoms with Crippen molar-refractivity contribution in [3.63, 3.8) is 0 Å². The van der Waals surface area contributed by atoms with Crippen molar-refractivity contribution in [2.24, 2.45) is 5.92 Å². The molecule has 1 unspecified atom stereocenters. The van der Waals surface area contributed by atoms with Gasteiger partial charge in [0.25, 0.3) is 23.2 Å². The van der Waals surface area contributed by atoms with Gasteiger partial charge in [0.1, 0.15) is 0 Å². The number of fused-ring (bicyclic) bond motifs is 1. The molecule has 2 N–H and O–H groups in total. The molecule has 5 rings (SSSR count). The molecule has 2 heterocycles. The summed E-state index contributed by atoms with van der Waals surface area (Å²) in [6.45, 7) is 5.59. The molecule has 2 fully saturated rings. The van der Waals surface area contributed by atoms with Crippen LogP contribution in [0.1, 0.15) is 72.6 Å². The van der Waals surface area contributed by atoms with Gasteiger partial charge in [-0.05, 0) is 65.0 Å². The second-order valence-corrected chi connectivity index (χ2v) is 12.8. The van der Waals surface area contributed by atoms with E-state index < -0.39 is 11.7 Å². The zero-order chi connectivity index (χ0) is 29.0. The molecule has 40 heavy (non-hydrogen) atoms. The van der Waals surface area contributed by atoms with Gasteiger partial charge in [-0.1, -0.05) is 11.6 Å². The van der Waals surface area contributed by atoms with E-state index in [4.69, 9.17) is 21.1 Å². The van der Waals surface area contributed by atoms with Crippen LogP contribution in [0.15, 0.2) is 21.8 Å². The first-order valence-corrected chi connectivity index (χ1v) is 15.3. The molecule has 218 valence electrons. The Bertz CT molecular complexity index is 1370. The number of ether oxygens (including phenoxy) is 2. The summed E-state index contributed by atoms with van der Waals surface area (Å²) in [5.41, 5.74) is 1.99. The Hall–Kier alpha value is -2.30. The molecule has 1 aromatic carbocycles. The summed E-state index contributed by atoms with van der Waals surface area (Å²) in [6.07, 6.45) is 5.17. The van der Waals surface area contributed by atoms with Gasteiger partial charge in [-0.15, -0.1) is 11.8 Å². The fraction of sp³-hybridized carbons (Fsp3) is 0.586. The van der Waals surface area contributed by atoms with Crippen LogP contribution in [0.3, 0.4) is 0 Å². The largest absolute Gasteiger partial charge is 0.448 e. The highest BCUT2D eigenvalue weighted by Gasteiger charge is 2.51. The Morgan fingerprint density at radius 3 is 2.42 bits per heavy atom. The predicted molar refractivity (Wildman–Crippen MR) is 152 cm³/mol. The zero-order valence-corrected chi connectivity index (χ0v) is 25.0. The van der Waals surface area contributed by atoms with Crippen molar-refractivity contribution in [1.29, 1.82) is 0 Å². The molecule has 0 saturated heterocycles. The van der Waals surface area contributed by atoms with Gasteiger partial charge in [-0.25, -0.2) is 8.78 Å². The van der Waals surface area contributed by atoms with Crippen LogP contribution >= 0.6 is 23.4 Å². The Kier molecular flexibility index (Phi) is 7.91. The van der Waals surface area contributed by atoms with Crippen molar-refractivity contribution in [3.05, 3.63) is 49.9 Å². The Morgan fingerprint density at radius 2 is 1.80 bits per heavy atom. The minimum absolute atomic E-state index is 0.0573. The fourth-order valence-electron chi connectivity index (χ4n) is 6.27. The van der Waals surface area contributed by atoms with Gasteiger partial charge < -0.3 is 24.7 Å². The van der Waals surface area contributed by atoms with Crippen LogP contribution in [0, 0.1) is 19.8 Å². The van der Waals surface area contributed by atoms with Crippen LogP contribution in [0.5, 0.6) is 11.5 Å². The molecule has 0 radical (unpaired) electrons. The van der Waals surface area contributed by atoms with E-state index in [1.54, 1.807) is 13.0 Å². The van der Waals surface area contributed by atoms with E-state index in [1.807, 2.05) is 33.2 Å². The molecule has 11 heteroatoms. The van der Waals surface area contributed by atoms with E-state index in [-0.39, 0.29) is 53.9 Å². The van der Waals surface area contributed by atoms with Gasteiger partial charge in [-0.2, -0.15) is 0 Å². The number of aryl methyl sites for hydroxylation is 1. The third-order valence-electron chi connectivity index (χ3n) is 8.83. The molecule has 2 aromatic rings. The molecule has 0 spiro atoms. The monoisotopic (exact) mass is 595 g/mol. The highest BCUT2D eigenvalue weighted by atomic mass is 35.5. The summed E-state index contributed by atoms with van der Waals surface area (Å²) in [5.74, 6) is -2.87. The number of hydrogen-bond acceptors (Lipinski definition) is 6. The smallest absolute Gasteiger partial charge is 0.254 e. The number of thioether (sulfide) groups is 1. The third kappa shape index (κ3) is 5.46. The van der Waals surface area contributed by atoms with Crippen LogP contribution in [0.2, 0.25) is 5.02 Å². The van der Waals surface area contributed by atoms with E-state index in [1.165, 1.54) is 11.8 Å². The summed E-state index contributed by atoms with van der Waals surface area (Å²) in [6, 6.07) is 3.67. The lowest BCUT2D eigenvalue weighted by Gasteiger charge is -2.47. The molecule has 7 nitrogen and oxygen atoms in total. The summed E-state index contributed by atoms with van der Waals surface area (Å²) in [7, 11) is 1.96. The Morgan fingerprint density at radius 1 is 1.15 bits per heavy atom. The summed E-state index contributed by atoms with van der Waals surface area (Å²) >= 11 is 8.05. The van der Waals surface area contributed by atoms with E-state index in [9.17, 15) is 18.4 Å². The van der Waals surface area contributed by atoms with Crippen LogP contribution in [-0.2, 0) is 6.54 Å². The normalized spacial score (nSPS) is 25.6. The lowest BCUT2D eigenvalue weighted by Crippen LogP contribution is -2.54. The molecule has 2 saturated carbocycles. The maximum Gasteiger partial charge on any atom is 0.254 e. The van der Waals surface area contributed by atoms with E-state index in [0.717, 1.165) is 36.3 Å². The maximum atomic E-state index is 13.4. The highest BCUT2D eigenvalue weighted by molar-refractivity contribution is 7.98. The maximum absolute atomic E-state index is 13.4. The minimum atomic E-state index is -2.52. The number of carbonyl (C=O) groups is 1. The highest BCUT2D eigenvalue weighted by Crippen LogP contribution is 2.52. The fourth-order valence-corrected chi connectivity index (χ4v) is 7.21. The first-order valence-electron chi connectivity index (χ1n) is 13.7. The van der Waals surface area contributed by atoms with Crippen LogP contribution in [0.4, 0.5) is 8.78 Å². The molecule has 1 amide bonds. The van der Waals surface area contributed by atoms with Gasteiger partial charge in [0.15, 0.2) is 11.5 Å². The molecular weight excluding hydrogens is 560 g/mol. The zero-order valence-electron chi connectivity index (χ0n) is 23.5. The number of nitrogens with one attached hydrogen (secondary N) is 2. The molecule has 1 aromatic heterocycles. The number of hydrogen-bond donors (Lipinski definition) is 2. The average Bonchev–Trinajstić information content (AvgIpc) is 3.27. The second-order valence-electron chi connectivity index (χ2n) is 11.5. The Labute approximate surface area is 242 Å². The number of carbonyl (C=O) groups excluding carboxylic acids is 1. The van der Waals surface area contributed by atoms with E-state index >= 15 is 0 Å². The topological polar surface area (TPSA) is 83.7 Å². The quantitative estimate of drug-likeness (QED) is 0.378. The Balaban J connectivity index is 1.26. The number of rotatable bonds is 7. The molecule has 3 aliphatic rings. The van der Waals surface area contributed by atoms with Crippen molar-refractivity contribution in [3.8, 4) is 11.5 Å². The lowest BCUT2D eigenvalue weighted by atomic mass is 9.79. The predicted octanol–water partition coefficient (Wildman–Crippen LogP) is 6.07.